The smallest absolute Gasteiger partial charge is 0.224 e. The minimum absolute atomic E-state index is 0.386. The van der Waals surface area contributed by atoms with Crippen molar-refractivity contribution in [3.63, 3.8) is 0 Å². The lowest BCUT2D eigenvalue weighted by Gasteiger charge is -2.29. The van der Waals surface area contributed by atoms with Gasteiger partial charge in [0.25, 0.3) is 0 Å². The molecule has 0 N–H and O–H groups in total. The molecule has 1 aliphatic carbocycles. The summed E-state index contributed by atoms with van der Waals surface area (Å²) in [4.78, 5) is 4.06. The van der Waals surface area contributed by atoms with Gasteiger partial charge in [-0.3, -0.25) is 0 Å². The Morgan fingerprint density at radius 3 is 2.15 bits per heavy atom. The summed E-state index contributed by atoms with van der Waals surface area (Å²) >= 11 is 0. The van der Waals surface area contributed by atoms with E-state index in [0.29, 0.717) is 24.0 Å². The zero-order valence-electron chi connectivity index (χ0n) is 21.0. The van der Waals surface area contributed by atoms with Crippen LogP contribution in [0.25, 0.3) is 11.1 Å². The Bertz CT molecular complexity index is 795. The van der Waals surface area contributed by atoms with E-state index in [1.807, 2.05) is 0 Å². The number of benzene rings is 1. The number of unbranched alkanes of at least 4 members (excludes halogenated alkanes) is 7. The Kier molecular flexibility index (Phi) is 11.2. The molecule has 0 spiro atoms. The number of halogens is 1. The van der Waals surface area contributed by atoms with E-state index in [9.17, 15) is 4.39 Å². The first-order valence-corrected chi connectivity index (χ1v) is 13.6. The van der Waals surface area contributed by atoms with Gasteiger partial charge in [0.2, 0.25) is 11.8 Å². The topological polar surface area (TPSA) is 22.1 Å². The van der Waals surface area contributed by atoms with E-state index in [-0.39, 0.29) is 0 Å². The summed E-state index contributed by atoms with van der Waals surface area (Å²) in [6, 6.07) is 12.1. The van der Waals surface area contributed by atoms with E-state index in [0.717, 1.165) is 24.3 Å². The zero-order valence-corrected chi connectivity index (χ0v) is 21.0. The molecule has 182 valence electrons. The Hall–Kier alpha value is -1.90. The Morgan fingerprint density at radius 2 is 1.45 bits per heavy atom. The molecule has 1 fully saturated rings. The Morgan fingerprint density at radius 1 is 0.788 bits per heavy atom. The highest BCUT2D eigenvalue weighted by Gasteiger charge is 2.22. The molecule has 2 nitrogen and oxygen atoms in total. The lowest BCUT2D eigenvalue weighted by Crippen LogP contribution is -2.13. The number of rotatable bonds is 14. The SMILES string of the molecule is CCCCCCCCOc1ccc(-c2ccc([C@H]3CC[C@H](CCCCC)CC3)cc2)c(F)n1. The van der Waals surface area contributed by atoms with Crippen LogP contribution in [0.3, 0.4) is 0 Å². The van der Waals surface area contributed by atoms with Gasteiger partial charge >= 0.3 is 0 Å². The van der Waals surface area contributed by atoms with Crippen LogP contribution in [0, 0.1) is 11.9 Å². The first-order valence-electron chi connectivity index (χ1n) is 13.6. The van der Waals surface area contributed by atoms with E-state index < -0.39 is 5.95 Å². The molecule has 33 heavy (non-hydrogen) atoms. The largest absolute Gasteiger partial charge is 0.478 e. The van der Waals surface area contributed by atoms with Gasteiger partial charge in [-0.25, -0.2) is 0 Å². The van der Waals surface area contributed by atoms with E-state index in [1.54, 1.807) is 12.1 Å². The molecular formula is C30H44FNO. The summed E-state index contributed by atoms with van der Waals surface area (Å²) in [6.45, 7) is 5.11. The van der Waals surface area contributed by atoms with Gasteiger partial charge in [0.1, 0.15) is 0 Å². The molecule has 1 aromatic heterocycles. The molecule has 0 unspecified atom stereocenters. The molecule has 1 aromatic carbocycles. The van der Waals surface area contributed by atoms with Gasteiger partial charge < -0.3 is 4.74 Å². The van der Waals surface area contributed by atoms with Gasteiger partial charge in [-0.05, 0) is 61.1 Å². The fourth-order valence-electron chi connectivity index (χ4n) is 5.17. The summed E-state index contributed by atoms with van der Waals surface area (Å²) < 4.78 is 20.4. The van der Waals surface area contributed by atoms with E-state index in [1.165, 1.54) is 82.6 Å². The molecular weight excluding hydrogens is 409 g/mol. The molecule has 3 rings (SSSR count). The third kappa shape index (κ3) is 8.43. The van der Waals surface area contributed by atoms with Crippen molar-refractivity contribution in [1.82, 2.24) is 4.98 Å². The average Bonchev–Trinajstić information content (AvgIpc) is 2.84. The van der Waals surface area contributed by atoms with E-state index >= 15 is 0 Å². The van der Waals surface area contributed by atoms with Gasteiger partial charge in [0, 0.05) is 11.6 Å². The molecule has 3 heteroatoms. The van der Waals surface area contributed by atoms with Crippen LogP contribution in [0.2, 0.25) is 0 Å². The van der Waals surface area contributed by atoms with Crippen LogP contribution in [-0.4, -0.2) is 11.6 Å². The van der Waals surface area contributed by atoms with Crippen LogP contribution >= 0.6 is 0 Å². The van der Waals surface area contributed by atoms with Gasteiger partial charge in [-0.1, -0.05) is 95.9 Å². The highest BCUT2D eigenvalue weighted by molar-refractivity contribution is 5.63. The third-order valence-electron chi connectivity index (χ3n) is 7.33. The number of ether oxygens (including phenoxy) is 1. The van der Waals surface area contributed by atoms with E-state index in [2.05, 4.69) is 43.1 Å². The first-order chi connectivity index (χ1) is 16.2. The van der Waals surface area contributed by atoms with Crippen LogP contribution in [-0.2, 0) is 0 Å². The summed E-state index contributed by atoms with van der Waals surface area (Å²) in [5.41, 5.74) is 2.84. The Balaban J connectivity index is 1.46. The van der Waals surface area contributed by atoms with Crippen molar-refractivity contribution in [2.45, 2.75) is 110 Å². The van der Waals surface area contributed by atoms with Crippen molar-refractivity contribution in [3.8, 4) is 17.0 Å². The number of hydrogen-bond donors (Lipinski definition) is 0. The fourth-order valence-corrected chi connectivity index (χ4v) is 5.17. The number of nitrogens with zero attached hydrogens (tertiary/aromatic N) is 1. The maximum Gasteiger partial charge on any atom is 0.224 e. The van der Waals surface area contributed by atoms with Crippen molar-refractivity contribution in [2.24, 2.45) is 5.92 Å². The minimum atomic E-state index is -0.448. The molecule has 2 aromatic rings. The van der Waals surface area contributed by atoms with E-state index in [4.69, 9.17) is 4.74 Å². The number of hydrogen-bond acceptors (Lipinski definition) is 2. The monoisotopic (exact) mass is 453 g/mol. The second-order valence-corrected chi connectivity index (χ2v) is 9.94. The summed E-state index contributed by atoms with van der Waals surface area (Å²) in [6.07, 6.45) is 18.0. The van der Waals surface area contributed by atoms with Crippen LogP contribution in [0.1, 0.15) is 115 Å². The van der Waals surface area contributed by atoms with Crippen LogP contribution in [0.5, 0.6) is 5.88 Å². The van der Waals surface area contributed by atoms with Crippen LogP contribution < -0.4 is 4.74 Å². The predicted molar refractivity (Wildman–Crippen MR) is 137 cm³/mol. The van der Waals surface area contributed by atoms with Crippen molar-refractivity contribution < 1.29 is 9.13 Å². The average molecular weight is 454 g/mol. The molecule has 0 atom stereocenters. The standard InChI is InChI=1S/C30H44FNO/c1-3-5-7-8-9-11-23-33-29-22-21-28(30(31)32-29)27-19-17-26(18-20-27)25-15-13-24(14-16-25)12-10-6-4-2/h17-22,24-25H,3-16,23H2,1-2H3/t24-,25-. The molecule has 0 bridgehead atoms. The Labute approximate surface area is 201 Å². The number of aromatic nitrogens is 1. The molecule has 0 saturated heterocycles. The van der Waals surface area contributed by atoms with Crippen molar-refractivity contribution >= 4 is 0 Å². The summed E-state index contributed by atoms with van der Waals surface area (Å²) in [5, 5.41) is 0. The second-order valence-electron chi connectivity index (χ2n) is 9.94. The van der Waals surface area contributed by atoms with Crippen molar-refractivity contribution in [1.29, 1.82) is 0 Å². The van der Waals surface area contributed by atoms with Gasteiger partial charge in [-0.15, -0.1) is 0 Å². The summed E-state index contributed by atoms with van der Waals surface area (Å²) in [7, 11) is 0. The predicted octanol–water partition coefficient (Wildman–Crippen LogP) is 9.48. The maximum absolute atomic E-state index is 14.7. The summed E-state index contributed by atoms with van der Waals surface area (Å²) in [5.74, 6) is 1.52. The minimum Gasteiger partial charge on any atom is -0.478 e. The molecule has 1 saturated carbocycles. The molecule has 0 radical (unpaired) electrons. The highest BCUT2D eigenvalue weighted by atomic mass is 19.1. The van der Waals surface area contributed by atoms with Crippen LogP contribution in [0.15, 0.2) is 36.4 Å². The highest BCUT2D eigenvalue weighted by Crippen LogP contribution is 2.38. The lowest BCUT2D eigenvalue weighted by atomic mass is 9.77. The fraction of sp³-hybridized carbons (Fsp3) is 0.633. The maximum atomic E-state index is 14.7. The second kappa shape index (κ2) is 14.4. The van der Waals surface area contributed by atoms with Gasteiger partial charge in [-0.2, -0.15) is 9.37 Å². The van der Waals surface area contributed by atoms with Gasteiger partial charge in [0.15, 0.2) is 0 Å². The van der Waals surface area contributed by atoms with Crippen LogP contribution in [0.4, 0.5) is 4.39 Å². The van der Waals surface area contributed by atoms with Gasteiger partial charge in [0.05, 0.1) is 6.61 Å². The normalized spacial score (nSPS) is 18.4. The third-order valence-corrected chi connectivity index (χ3v) is 7.33. The quantitative estimate of drug-likeness (QED) is 0.210. The molecule has 0 aliphatic heterocycles. The molecule has 1 heterocycles. The van der Waals surface area contributed by atoms with Crippen molar-refractivity contribution in [2.75, 3.05) is 6.61 Å². The lowest BCUT2D eigenvalue weighted by molar-refractivity contribution is 0.289. The van der Waals surface area contributed by atoms with Crippen molar-refractivity contribution in [3.05, 3.63) is 47.9 Å². The zero-order chi connectivity index (χ0) is 23.3. The molecule has 1 aliphatic rings. The first kappa shape index (κ1) is 25.7. The molecule has 0 amide bonds. The number of pyridine rings is 1.